The van der Waals surface area contributed by atoms with E-state index in [9.17, 15) is 9.59 Å². The molecule has 0 aliphatic carbocycles. The van der Waals surface area contributed by atoms with Crippen molar-refractivity contribution in [1.82, 2.24) is 10.8 Å². The number of amides is 2. The third-order valence-corrected chi connectivity index (χ3v) is 4.90. The highest BCUT2D eigenvalue weighted by Crippen LogP contribution is 2.23. The van der Waals surface area contributed by atoms with Crippen LogP contribution in [0.1, 0.15) is 59.4 Å². The molecule has 0 fully saturated rings. The van der Waals surface area contributed by atoms with E-state index in [0.717, 1.165) is 12.0 Å². The van der Waals surface area contributed by atoms with E-state index in [1.807, 2.05) is 51.1 Å². The van der Waals surface area contributed by atoms with Crippen LogP contribution in [0.5, 0.6) is 0 Å². The van der Waals surface area contributed by atoms with E-state index in [-0.39, 0.29) is 17.1 Å². The minimum Gasteiger partial charge on any atom is -0.352 e. The van der Waals surface area contributed by atoms with Gasteiger partial charge in [-0.25, -0.2) is 5.48 Å². The maximum Gasteiger partial charge on any atom is 0.244 e. The van der Waals surface area contributed by atoms with Crippen LogP contribution in [0.25, 0.3) is 0 Å². The first-order chi connectivity index (χ1) is 12.7. The van der Waals surface area contributed by atoms with Crippen molar-refractivity contribution in [3.8, 4) is 0 Å². The molecule has 2 N–H and O–H groups in total. The van der Waals surface area contributed by atoms with Crippen LogP contribution in [-0.4, -0.2) is 28.4 Å². The Morgan fingerprint density at radius 1 is 1.11 bits per heavy atom. The number of hydrogen-bond donors (Lipinski definition) is 2. The summed E-state index contributed by atoms with van der Waals surface area (Å²) < 4.78 is 0. The lowest BCUT2D eigenvalue weighted by atomic mass is 10.1. The zero-order valence-electron chi connectivity index (χ0n) is 17.2. The van der Waals surface area contributed by atoms with Gasteiger partial charge in [-0.05, 0) is 38.7 Å². The van der Waals surface area contributed by atoms with Gasteiger partial charge in [0.2, 0.25) is 11.8 Å². The van der Waals surface area contributed by atoms with Crippen molar-refractivity contribution < 1.29 is 14.4 Å². The first-order valence-corrected chi connectivity index (χ1v) is 10.6. The second-order valence-corrected chi connectivity index (χ2v) is 9.49. The lowest BCUT2D eigenvalue weighted by Gasteiger charge is -2.21. The zero-order valence-corrected chi connectivity index (χ0v) is 18.0. The van der Waals surface area contributed by atoms with Crippen LogP contribution in [0.2, 0.25) is 0 Å². The molecule has 1 unspecified atom stereocenters. The Bertz CT molecular complexity index is 571. The van der Waals surface area contributed by atoms with Crippen molar-refractivity contribution in [3.63, 3.8) is 0 Å². The standard InChI is InChI=1S/C21H34N2O3S/c1-16(2)13-18(14-20(25)23-26-21(3,4)5)27-12-11-19(24)22-15-17-9-7-6-8-10-17/h6-10,16,18H,11-15H2,1-5H3,(H,22,24)(H,23,25). The molecule has 0 spiro atoms. The van der Waals surface area contributed by atoms with Crippen LogP contribution >= 0.6 is 11.8 Å². The summed E-state index contributed by atoms with van der Waals surface area (Å²) in [6, 6.07) is 9.86. The average molecular weight is 395 g/mol. The molecule has 5 nitrogen and oxygen atoms in total. The van der Waals surface area contributed by atoms with Gasteiger partial charge in [-0.1, -0.05) is 44.2 Å². The molecule has 1 atom stereocenters. The highest BCUT2D eigenvalue weighted by atomic mass is 32.2. The van der Waals surface area contributed by atoms with E-state index < -0.39 is 5.60 Å². The Morgan fingerprint density at radius 2 is 1.78 bits per heavy atom. The van der Waals surface area contributed by atoms with E-state index in [1.165, 1.54) is 0 Å². The molecule has 1 aromatic rings. The Labute approximate surface area is 168 Å². The van der Waals surface area contributed by atoms with Gasteiger partial charge in [-0.2, -0.15) is 11.8 Å². The molecule has 27 heavy (non-hydrogen) atoms. The Kier molecular flexibility index (Phi) is 10.5. The van der Waals surface area contributed by atoms with Crippen LogP contribution in [-0.2, 0) is 21.0 Å². The third kappa shape index (κ3) is 12.5. The maximum atomic E-state index is 12.1. The van der Waals surface area contributed by atoms with E-state index >= 15 is 0 Å². The van der Waals surface area contributed by atoms with Crippen molar-refractivity contribution in [2.75, 3.05) is 5.75 Å². The second-order valence-electron chi connectivity index (χ2n) is 8.08. The van der Waals surface area contributed by atoms with Gasteiger partial charge in [-0.3, -0.25) is 14.4 Å². The predicted octanol–water partition coefficient (Wildman–Crippen LogP) is 4.08. The topological polar surface area (TPSA) is 67.4 Å². The van der Waals surface area contributed by atoms with Crippen molar-refractivity contribution in [2.45, 2.75) is 71.3 Å². The van der Waals surface area contributed by atoms with Gasteiger partial charge in [0, 0.05) is 30.4 Å². The quantitative estimate of drug-likeness (QED) is 0.555. The van der Waals surface area contributed by atoms with Crippen LogP contribution in [0.3, 0.4) is 0 Å². The van der Waals surface area contributed by atoms with Crippen LogP contribution < -0.4 is 10.8 Å². The molecule has 1 rings (SSSR count). The lowest BCUT2D eigenvalue weighted by molar-refractivity contribution is -0.145. The molecular formula is C21H34N2O3S. The summed E-state index contributed by atoms with van der Waals surface area (Å²) in [5.41, 5.74) is 3.21. The molecule has 0 heterocycles. The normalized spacial score (nSPS) is 12.7. The van der Waals surface area contributed by atoms with Crippen LogP contribution in [0.4, 0.5) is 0 Å². The molecule has 0 saturated heterocycles. The average Bonchev–Trinajstić information content (AvgIpc) is 2.58. The molecular weight excluding hydrogens is 360 g/mol. The van der Waals surface area contributed by atoms with Gasteiger partial charge in [0.15, 0.2) is 0 Å². The van der Waals surface area contributed by atoms with Crippen LogP contribution in [0.15, 0.2) is 30.3 Å². The highest BCUT2D eigenvalue weighted by Gasteiger charge is 2.19. The predicted molar refractivity (Wildman–Crippen MR) is 112 cm³/mol. The van der Waals surface area contributed by atoms with Gasteiger partial charge in [0.25, 0.3) is 0 Å². The number of hydrogen-bond acceptors (Lipinski definition) is 4. The van der Waals surface area contributed by atoms with Gasteiger partial charge in [0.05, 0.1) is 5.60 Å². The van der Waals surface area contributed by atoms with Gasteiger partial charge in [-0.15, -0.1) is 0 Å². The third-order valence-electron chi connectivity index (χ3n) is 3.63. The highest BCUT2D eigenvalue weighted by molar-refractivity contribution is 7.99. The van der Waals surface area contributed by atoms with E-state index in [4.69, 9.17) is 4.84 Å². The summed E-state index contributed by atoms with van der Waals surface area (Å²) >= 11 is 1.68. The van der Waals surface area contributed by atoms with E-state index in [2.05, 4.69) is 24.6 Å². The second kappa shape index (κ2) is 12.0. The molecule has 0 bridgehead atoms. The minimum atomic E-state index is -0.410. The summed E-state index contributed by atoms with van der Waals surface area (Å²) in [6.07, 6.45) is 1.77. The monoisotopic (exact) mass is 394 g/mol. The van der Waals surface area contributed by atoms with Gasteiger partial charge in [0.1, 0.15) is 0 Å². The Morgan fingerprint density at radius 3 is 2.37 bits per heavy atom. The van der Waals surface area contributed by atoms with E-state index in [0.29, 0.717) is 31.1 Å². The van der Waals surface area contributed by atoms with Crippen molar-refractivity contribution in [3.05, 3.63) is 35.9 Å². The molecule has 0 saturated carbocycles. The fraction of sp³-hybridized carbons (Fsp3) is 0.619. The fourth-order valence-electron chi connectivity index (χ4n) is 2.40. The van der Waals surface area contributed by atoms with E-state index in [1.54, 1.807) is 11.8 Å². The number of rotatable bonds is 11. The largest absolute Gasteiger partial charge is 0.352 e. The summed E-state index contributed by atoms with van der Waals surface area (Å²) in [4.78, 5) is 29.5. The first kappa shape index (κ1) is 23.5. The number of hydroxylamine groups is 1. The summed E-state index contributed by atoms with van der Waals surface area (Å²) in [6.45, 7) is 10.5. The summed E-state index contributed by atoms with van der Waals surface area (Å²) in [5.74, 6) is 1.11. The molecule has 0 radical (unpaired) electrons. The number of thioether (sulfide) groups is 1. The molecule has 2 amide bonds. The van der Waals surface area contributed by atoms with Crippen molar-refractivity contribution in [2.24, 2.45) is 5.92 Å². The molecule has 1 aromatic carbocycles. The number of benzene rings is 1. The van der Waals surface area contributed by atoms with Crippen molar-refractivity contribution in [1.29, 1.82) is 0 Å². The summed E-state index contributed by atoms with van der Waals surface area (Å²) in [7, 11) is 0. The first-order valence-electron chi connectivity index (χ1n) is 9.55. The Balaban J connectivity index is 2.34. The maximum absolute atomic E-state index is 12.1. The van der Waals surface area contributed by atoms with Crippen molar-refractivity contribution >= 4 is 23.6 Å². The molecule has 152 valence electrons. The summed E-state index contributed by atoms with van der Waals surface area (Å²) in [5, 5.41) is 3.12. The van der Waals surface area contributed by atoms with Gasteiger partial charge >= 0.3 is 0 Å². The Hall–Kier alpha value is -1.53. The molecule has 6 heteroatoms. The van der Waals surface area contributed by atoms with Gasteiger partial charge < -0.3 is 5.32 Å². The molecule has 0 aromatic heterocycles. The molecule has 0 aliphatic rings. The lowest BCUT2D eigenvalue weighted by Crippen LogP contribution is -2.35. The zero-order chi connectivity index (χ0) is 20.3. The smallest absolute Gasteiger partial charge is 0.244 e. The molecule has 0 aliphatic heterocycles. The van der Waals surface area contributed by atoms with Crippen LogP contribution in [0, 0.1) is 5.92 Å². The fourth-order valence-corrected chi connectivity index (χ4v) is 3.82. The number of carbonyl (C=O) groups is 2. The number of carbonyl (C=O) groups excluding carboxylic acids is 2. The minimum absolute atomic E-state index is 0.0372. The SMILES string of the molecule is CC(C)CC(CC(=O)NOC(C)(C)C)SCCC(=O)NCc1ccccc1. The number of nitrogens with one attached hydrogen (secondary N) is 2.